The Labute approximate surface area is 95.2 Å². The first-order valence-corrected chi connectivity index (χ1v) is 5.75. The van der Waals surface area contributed by atoms with Crippen molar-refractivity contribution in [3.05, 3.63) is 18.2 Å². The van der Waals surface area contributed by atoms with Crippen molar-refractivity contribution in [2.45, 2.75) is 26.3 Å². The number of hydrogen-bond donors (Lipinski definition) is 2. The van der Waals surface area contributed by atoms with E-state index in [0.717, 1.165) is 25.2 Å². The molecular formula is C11H18N4O. The summed E-state index contributed by atoms with van der Waals surface area (Å²) in [6.45, 7) is 4.45. The summed E-state index contributed by atoms with van der Waals surface area (Å²) in [5.74, 6) is 0.617. The van der Waals surface area contributed by atoms with Crippen molar-refractivity contribution >= 4 is 6.03 Å². The molecule has 1 saturated heterocycles. The summed E-state index contributed by atoms with van der Waals surface area (Å²) in [7, 11) is 0. The third-order valence-electron chi connectivity index (χ3n) is 2.93. The molecule has 1 aromatic rings. The number of nitrogens with one attached hydrogen (secondary N) is 2. The van der Waals surface area contributed by atoms with Crippen LogP contribution in [0.1, 0.15) is 25.5 Å². The van der Waals surface area contributed by atoms with Crippen molar-refractivity contribution in [1.29, 1.82) is 0 Å². The number of aromatic nitrogens is 2. The molecule has 1 atom stereocenters. The molecule has 0 saturated carbocycles. The fraction of sp³-hybridized carbons (Fsp3) is 0.636. The van der Waals surface area contributed by atoms with E-state index in [1.54, 1.807) is 12.5 Å². The molecule has 0 spiro atoms. The Morgan fingerprint density at radius 1 is 1.75 bits per heavy atom. The number of imidazole rings is 1. The summed E-state index contributed by atoms with van der Waals surface area (Å²) in [6, 6.07) is 0.0288. The summed E-state index contributed by atoms with van der Waals surface area (Å²) in [4.78, 5) is 20.6. The fourth-order valence-corrected chi connectivity index (χ4v) is 2.04. The van der Waals surface area contributed by atoms with Crippen LogP contribution in [-0.4, -0.2) is 34.0 Å². The maximum absolute atomic E-state index is 11.8. The summed E-state index contributed by atoms with van der Waals surface area (Å²) in [6.07, 6.45) is 5.67. The lowest BCUT2D eigenvalue weighted by atomic mass is 10.0. The predicted molar refractivity (Wildman–Crippen MR) is 60.8 cm³/mol. The van der Waals surface area contributed by atoms with Crippen LogP contribution in [0.5, 0.6) is 0 Å². The smallest absolute Gasteiger partial charge is 0.317 e. The van der Waals surface area contributed by atoms with Crippen LogP contribution in [0, 0.1) is 5.92 Å². The van der Waals surface area contributed by atoms with Gasteiger partial charge < -0.3 is 15.2 Å². The Bertz CT molecular complexity index is 336. The van der Waals surface area contributed by atoms with E-state index >= 15 is 0 Å². The number of H-pyrrole nitrogens is 1. The number of likely N-dealkylation sites (tertiary alicyclic amines) is 1. The highest BCUT2D eigenvalue weighted by molar-refractivity contribution is 5.74. The molecule has 2 N–H and O–H groups in total. The molecule has 0 radical (unpaired) electrons. The minimum Gasteiger partial charge on any atom is -0.347 e. The van der Waals surface area contributed by atoms with Crippen molar-refractivity contribution in [2.75, 3.05) is 13.1 Å². The molecule has 5 nitrogen and oxygen atoms in total. The van der Waals surface area contributed by atoms with E-state index in [4.69, 9.17) is 0 Å². The highest BCUT2D eigenvalue weighted by Crippen LogP contribution is 2.15. The first-order chi connectivity index (χ1) is 7.75. The Morgan fingerprint density at radius 3 is 3.31 bits per heavy atom. The summed E-state index contributed by atoms with van der Waals surface area (Å²) in [5.41, 5.74) is 0.929. The zero-order valence-corrected chi connectivity index (χ0v) is 9.57. The molecule has 1 fully saturated rings. The average molecular weight is 222 g/mol. The lowest BCUT2D eigenvalue weighted by Crippen LogP contribution is -2.44. The van der Waals surface area contributed by atoms with E-state index in [9.17, 15) is 4.79 Å². The van der Waals surface area contributed by atoms with Crippen LogP contribution in [0.3, 0.4) is 0 Å². The van der Waals surface area contributed by atoms with Gasteiger partial charge in [0.2, 0.25) is 0 Å². The van der Waals surface area contributed by atoms with Gasteiger partial charge in [-0.25, -0.2) is 9.78 Å². The van der Waals surface area contributed by atoms with Gasteiger partial charge >= 0.3 is 6.03 Å². The second-order valence-electron chi connectivity index (χ2n) is 4.43. The van der Waals surface area contributed by atoms with Gasteiger partial charge in [0.1, 0.15) is 0 Å². The Morgan fingerprint density at radius 2 is 2.62 bits per heavy atom. The Kier molecular flexibility index (Phi) is 3.44. The zero-order chi connectivity index (χ0) is 11.4. The van der Waals surface area contributed by atoms with Gasteiger partial charge in [-0.05, 0) is 18.8 Å². The van der Waals surface area contributed by atoms with E-state index in [0.29, 0.717) is 12.5 Å². The van der Waals surface area contributed by atoms with Gasteiger partial charge in [0.15, 0.2) is 0 Å². The molecule has 2 heterocycles. The number of carbonyl (C=O) groups is 1. The molecule has 0 aromatic carbocycles. The van der Waals surface area contributed by atoms with Gasteiger partial charge in [-0.1, -0.05) is 6.92 Å². The monoisotopic (exact) mass is 222 g/mol. The first kappa shape index (κ1) is 11.0. The predicted octanol–water partition coefficient (Wildman–Crippen LogP) is 1.35. The molecule has 2 rings (SSSR count). The number of piperidine rings is 1. The van der Waals surface area contributed by atoms with Crippen LogP contribution in [0.15, 0.2) is 12.5 Å². The molecule has 88 valence electrons. The van der Waals surface area contributed by atoms with Crippen LogP contribution >= 0.6 is 0 Å². The zero-order valence-electron chi connectivity index (χ0n) is 9.57. The lowest BCUT2D eigenvalue weighted by Gasteiger charge is -2.30. The molecule has 2 amide bonds. The molecule has 16 heavy (non-hydrogen) atoms. The molecule has 0 bridgehead atoms. The number of aromatic amines is 1. The van der Waals surface area contributed by atoms with Gasteiger partial charge in [0.25, 0.3) is 0 Å². The van der Waals surface area contributed by atoms with Gasteiger partial charge in [-0.15, -0.1) is 0 Å². The molecule has 1 unspecified atom stereocenters. The molecule has 5 heteroatoms. The third-order valence-corrected chi connectivity index (χ3v) is 2.93. The van der Waals surface area contributed by atoms with Gasteiger partial charge in [-0.2, -0.15) is 0 Å². The van der Waals surface area contributed by atoms with Gasteiger partial charge in [-0.3, -0.25) is 0 Å². The SMILES string of the molecule is CC1CCCN(C(=O)NCc2cnc[nH]2)C1. The van der Waals surface area contributed by atoms with E-state index in [2.05, 4.69) is 22.2 Å². The Balaban J connectivity index is 1.79. The molecule has 0 aliphatic carbocycles. The summed E-state index contributed by atoms with van der Waals surface area (Å²) < 4.78 is 0. The summed E-state index contributed by atoms with van der Waals surface area (Å²) >= 11 is 0. The van der Waals surface area contributed by atoms with E-state index in [-0.39, 0.29) is 6.03 Å². The largest absolute Gasteiger partial charge is 0.347 e. The van der Waals surface area contributed by atoms with E-state index in [1.807, 2.05) is 4.90 Å². The molecule has 1 aliphatic heterocycles. The number of nitrogens with zero attached hydrogens (tertiary/aromatic N) is 2. The third kappa shape index (κ3) is 2.74. The van der Waals surface area contributed by atoms with Crippen molar-refractivity contribution < 1.29 is 4.79 Å². The van der Waals surface area contributed by atoms with Crippen LogP contribution in [0.2, 0.25) is 0 Å². The van der Waals surface area contributed by atoms with Gasteiger partial charge in [0.05, 0.1) is 18.6 Å². The summed E-state index contributed by atoms with van der Waals surface area (Å²) in [5, 5.41) is 2.89. The second kappa shape index (κ2) is 5.01. The van der Waals surface area contributed by atoms with E-state index in [1.165, 1.54) is 6.42 Å². The highest BCUT2D eigenvalue weighted by atomic mass is 16.2. The number of urea groups is 1. The van der Waals surface area contributed by atoms with Crippen LogP contribution in [0.4, 0.5) is 4.79 Å². The van der Waals surface area contributed by atoms with Crippen LogP contribution in [0.25, 0.3) is 0 Å². The van der Waals surface area contributed by atoms with Crippen LogP contribution < -0.4 is 5.32 Å². The average Bonchev–Trinajstić information content (AvgIpc) is 2.78. The molecular weight excluding hydrogens is 204 g/mol. The Hall–Kier alpha value is -1.52. The van der Waals surface area contributed by atoms with Gasteiger partial charge in [0, 0.05) is 19.3 Å². The van der Waals surface area contributed by atoms with Crippen LogP contribution in [-0.2, 0) is 6.54 Å². The number of rotatable bonds is 2. The van der Waals surface area contributed by atoms with Crippen molar-refractivity contribution in [3.8, 4) is 0 Å². The maximum Gasteiger partial charge on any atom is 0.317 e. The maximum atomic E-state index is 11.8. The normalized spacial score (nSPS) is 20.8. The van der Waals surface area contributed by atoms with Crippen molar-refractivity contribution in [1.82, 2.24) is 20.2 Å². The highest BCUT2D eigenvalue weighted by Gasteiger charge is 2.20. The standard InChI is InChI=1S/C11H18N4O/c1-9-3-2-4-15(7-9)11(16)13-6-10-5-12-8-14-10/h5,8-9H,2-4,6-7H2,1H3,(H,12,14)(H,13,16). The lowest BCUT2D eigenvalue weighted by molar-refractivity contribution is 0.169. The number of hydrogen-bond acceptors (Lipinski definition) is 2. The van der Waals surface area contributed by atoms with Crippen molar-refractivity contribution in [2.24, 2.45) is 5.92 Å². The first-order valence-electron chi connectivity index (χ1n) is 5.75. The minimum atomic E-state index is 0.0288. The van der Waals surface area contributed by atoms with E-state index < -0.39 is 0 Å². The molecule has 1 aromatic heterocycles. The molecule has 1 aliphatic rings. The second-order valence-corrected chi connectivity index (χ2v) is 4.43. The van der Waals surface area contributed by atoms with Crippen molar-refractivity contribution in [3.63, 3.8) is 0 Å². The number of amides is 2. The minimum absolute atomic E-state index is 0.0288. The fourth-order valence-electron chi connectivity index (χ4n) is 2.04. The topological polar surface area (TPSA) is 61.0 Å². The number of carbonyl (C=O) groups excluding carboxylic acids is 1. The quantitative estimate of drug-likeness (QED) is 0.793.